The van der Waals surface area contributed by atoms with E-state index >= 15 is 0 Å². The van der Waals surface area contributed by atoms with Crippen molar-refractivity contribution in [3.05, 3.63) is 0 Å². The summed E-state index contributed by atoms with van der Waals surface area (Å²) in [5.41, 5.74) is 0.799. The van der Waals surface area contributed by atoms with Crippen molar-refractivity contribution in [2.75, 3.05) is 20.1 Å². The van der Waals surface area contributed by atoms with Gasteiger partial charge < -0.3 is 4.90 Å². The molecule has 0 atom stereocenters. The minimum Gasteiger partial charge on any atom is -0.306 e. The molecular weight excluding hydrogens is 170 g/mol. The third-order valence-electron chi connectivity index (χ3n) is 3.27. The first kappa shape index (κ1) is 14.0. The molecule has 0 amide bonds. The summed E-state index contributed by atoms with van der Waals surface area (Å²) in [5, 5.41) is 0. The lowest BCUT2D eigenvalue weighted by molar-refractivity contribution is 0.0327. The number of rotatable bonds is 0. The second kappa shape index (κ2) is 7.28. The van der Waals surface area contributed by atoms with Gasteiger partial charge in [0.25, 0.3) is 0 Å². The molecule has 0 aromatic heterocycles. The van der Waals surface area contributed by atoms with Gasteiger partial charge in [-0.3, -0.25) is 0 Å². The van der Waals surface area contributed by atoms with Crippen molar-refractivity contribution in [1.29, 1.82) is 0 Å². The maximum atomic E-state index is 2.50. The predicted octanol–water partition coefficient (Wildman–Crippen LogP) is 3.93. The fraction of sp³-hybridized carbons (Fsp3) is 1.00. The van der Waals surface area contributed by atoms with Crippen molar-refractivity contribution >= 4 is 0 Å². The highest BCUT2D eigenvalue weighted by atomic mass is 15.1. The Balaban J connectivity index is 0.000000379. The molecule has 2 rings (SSSR count). The Bertz CT molecular complexity index is 127. The molecule has 0 bridgehead atoms. The molecule has 2 fully saturated rings. The molecule has 1 aliphatic heterocycles. The fourth-order valence-corrected chi connectivity index (χ4v) is 2.54. The first-order chi connectivity index (χ1) is 6.81. The highest BCUT2D eigenvalue weighted by Crippen LogP contribution is 2.46. The molecule has 0 aromatic carbocycles. The first-order valence-electron chi connectivity index (χ1n) is 6.49. The van der Waals surface area contributed by atoms with E-state index < -0.39 is 0 Å². The van der Waals surface area contributed by atoms with E-state index in [4.69, 9.17) is 0 Å². The Labute approximate surface area is 90.9 Å². The molecule has 1 nitrogen and oxygen atoms in total. The summed E-state index contributed by atoms with van der Waals surface area (Å²) in [5.74, 6) is 0. The highest BCUT2D eigenvalue weighted by molar-refractivity contribution is 4.92. The van der Waals surface area contributed by atoms with Crippen LogP contribution in [0.25, 0.3) is 0 Å². The number of nitrogens with zero attached hydrogens (tertiary/aromatic N) is 1. The van der Waals surface area contributed by atoms with E-state index in [-0.39, 0.29) is 0 Å². The van der Waals surface area contributed by atoms with Gasteiger partial charge in [0.05, 0.1) is 0 Å². The van der Waals surface area contributed by atoms with Crippen LogP contribution in [-0.4, -0.2) is 25.0 Å². The molecule has 2 aliphatic rings. The Morgan fingerprint density at radius 2 is 1.36 bits per heavy atom. The van der Waals surface area contributed by atoms with E-state index in [1.54, 1.807) is 0 Å². The molecule has 0 N–H and O–H groups in total. The van der Waals surface area contributed by atoms with Gasteiger partial charge in [-0.15, -0.1) is 0 Å². The van der Waals surface area contributed by atoms with Gasteiger partial charge in [-0.2, -0.15) is 0 Å². The summed E-state index contributed by atoms with van der Waals surface area (Å²) in [6.45, 7) is 10.7. The van der Waals surface area contributed by atoms with Crippen molar-refractivity contribution in [3.8, 4) is 0 Å². The topological polar surface area (TPSA) is 3.24 Å². The van der Waals surface area contributed by atoms with Crippen LogP contribution < -0.4 is 0 Å². The Hall–Kier alpha value is -0.0400. The zero-order valence-corrected chi connectivity index (χ0v) is 10.9. The van der Waals surface area contributed by atoms with E-state index in [0.717, 1.165) is 5.41 Å². The molecule has 0 unspecified atom stereocenters. The SMILES string of the molecule is CC.CC.CN1CCCC2(CCC2)C1. The van der Waals surface area contributed by atoms with Gasteiger partial charge in [0, 0.05) is 6.54 Å². The summed E-state index contributed by atoms with van der Waals surface area (Å²) in [6.07, 6.45) is 7.47. The fourth-order valence-electron chi connectivity index (χ4n) is 2.54. The van der Waals surface area contributed by atoms with Crippen LogP contribution in [0.5, 0.6) is 0 Å². The number of likely N-dealkylation sites (tertiary alicyclic amines) is 1. The van der Waals surface area contributed by atoms with Gasteiger partial charge in [0.15, 0.2) is 0 Å². The number of hydrogen-bond donors (Lipinski definition) is 0. The second-order valence-corrected chi connectivity index (χ2v) is 4.19. The molecule has 1 aliphatic carbocycles. The van der Waals surface area contributed by atoms with Crippen molar-refractivity contribution in [2.24, 2.45) is 5.41 Å². The van der Waals surface area contributed by atoms with Crippen LogP contribution in [0.15, 0.2) is 0 Å². The van der Waals surface area contributed by atoms with Gasteiger partial charge in [0.1, 0.15) is 0 Å². The number of piperidine rings is 1. The third kappa shape index (κ3) is 3.61. The summed E-state index contributed by atoms with van der Waals surface area (Å²) >= 11 is 0. The van der Waals surface area contributed by atoms with Crippen LogP contribution in [-0.2, 0) is 0 Å². The maximum absolute atomic E-state index is 2.50. The summed E-state index contributed by atoms with van der Waals surface area (Å²) in [4.78, 5) is 2.50. The standard InChI is InChI=1S/C9H17N.2C2H6/c1-10-7-3-6-9(8-10)4-2-5-9;2*1-2/h2-8H2,1H3;2*1-2H3. The van der Waals surface area contributed by atoms with E-state index in [2.05, 4.69) is 11.9 Å². The van der Waals surface area contributed by atoms with Gasteiger partial charge in [-0.05, 0) is 44.7 Å². The Morgan fingerprint density at radius 3 is 1.64 bits per heavy atom. The normalized spacial score (nSPS) is 23.8. The van der Waals surface area contributed by atoms with Crippen LogP contribution in [0.2, 0.25) is 0 Å². The lowest BCUT2D eigenvalue weighted by Crippen LogP contribution is -2.45. The van der Waals surface area contributed by atoms with E-state index in [9.17, 15) is 0 Å². The van der Waals surface area contributed by atoms with Gasteiger partial charge in [0.2, 0.25) is 0 Å². The number of hydrogen-bond acceptors (Lipinski definition) is 1. The molecule has 1 heterocycles. The molecule has 0 radical (unpaired) electrons. The third-order valence-corrected chi connectivity index (χ3v) is 3.27. The van der Waals surface area contributed by atoms with Crippen molar-refractivity contribution < 1.29 is 0 Å². The molecule has 1 saturated heterocycles. The first-order valence-corrected chi connectivity index (χ1v) is 6.49. The molecule has 0 aromatic rings. The average Bonchev–Trinajstić information content (AvgIpc) is 2.22. The van der Waals surface area contributed by atoms with E-state index in [1.165, 1.54) is 45.2 Å². The second-order valence-electron chi connectivity index (χ2n) is 4.19. The molecule has 14 heavy (non-hydrogen) atoms. The Kier molecular flexibility index (Phi) is 7.26. The van der Waals surface area contributed by atoms with E-state index in [1.807, 2.05) is 27.7 Å². The molecule has 86 valence electrons. The largest absolute Gasteiger partial charge is 0.306 e. The summed E-state index contributed by atoms with van der Waals surface area (Å²) in [7, 11) is 2.26. The van der Waals surface area contributed by atoms with Crippen LogP contribution in [0.3, 0.4) is 0 Å². The van der Waals surface area contributed by atoms with E-state index in [0.29, 0.717) is 0 Å². The van der Waals surface area contributed by atoms with Crippen molar-refractivity contribution in [2.45, 2.75) is 59.8 Å². The minimum absolute atomic E-state index is 0.799. The zero-order valence-electron chi connectivity index (χ0n) is 10.9. The van der Waals surface area contributed by atoms with Crippen molar-refractivity contribution in [3.63, 3.8) is 0 Å². The zero-order chi connectivity index (χ0) is 11.0. The monoisotopic (exact) mass is 199 g/mol. The molecular formula is C13H29N. The molecule has 1 spiro atoms. The Morgan fingerprint density at radius 1 is 0.857 bits per heavy atom. The van der Waals surface area contributed by atoms with Crippen LogP contribution in [0.1, 0.15) is 59.8 Å². The van der Waals surface area contributed by atoms with Crippen LogP contribution in [0.4, 0.5) is 0 Å². The predicted molar refractivity (Wildman–Crippen MR) is 65.7 cm³/mol. The minimum atomic E-state index is 0.799. The summed E-state index contributed by atoms with van der Waals surface area (Å²) < 4.78 is 0. The molecule has 1 saturated carbocycles. The van der Waals surface area contributed by atoms with Gasteiger partial charge >= 0.3 is 0 Å². The van der Waals surface area contributed by atoms with Crippen LogP contribution in [0, 0.1) is 5.41 Å². The van der Waals surface area contributed by atoms with Crippen LogP contribution >= 0.6 is 0 Å². The highest BCUT2D eigenvalue weighted by Gasteiger charge is 2.39. The lowest BCUT2D eigenvalue weighted by Gasteiger charge is -2.48. The maximum Gasteiger partial charge on any atom is 0.00349 e. The van der Waals surface area contributed by atoms with Gasteiger partial charge in [-0.25, -0.2) is 0 Å². The summed E-state index contributed by atoms with van der Waals surface area (Å²) in [6, 6.07) is 0. The smallest absolute Gasteiger partial charge is 0.00349 e. The average molecular weight is 199 g/mol. The lowest BCUT2D eigenvalue weighted by atomic mass is 9.64. The molecule has 1 heteroatoms. The van der Waals surface area contributed by atoms with Crippen molar-refractivity contribution in [1.82, 2.24) is 4.90 Å². The quantitative estimate of drug-likeness (QED) is 0.571. The van der Waals surface area contributed by atoms with Gasteiger partial charge in [-0.1, -0.05) is 34.1 Å².